The molecule has 5 nitrogen and oxygen atoms in total. The second-order valence-corrected chi connectivity index (χ2v) is 7.76. The highest BCUT2D eigenvalue weighted by Gasteiger charge is 2.15. The number of nitrogens with one attached hydrogen (secondary N) is 1. The van der Waals surface area contributed by atoms with Gasteiger partial charge >= 0.3 is 0 Å². The zero-order chi connectivity index (χ0) is 23.0. The van der Waals surface area contributed by atoms with Crippen LogP contribution in [-0.4, -0.2) is 22.2 Å². The van der Waals surface area contributed by atoms with Crippen molar-refractivity contribution in [2.24, 2.45) is 0 Å². The molecule has 0 radical (unpaired) electrons. The molecule has 1 aromatic heterocycles. The van der Waals surface area contributed by atoms with Crippen molar-refractivity contribution in [1.82, 2.24) is 15.1 Å². The fourth-order valence-electron chi connectivity index (χ4n) is 3.81. The number of hydrogen-bond acceptors (Lipinski definition) is 3. The van der Waals surface area contributed by atoms with Crippen LogP contribution in [-0.2, 0) is 6.54 Å². The van der Waals surface area contributed by atoms with Gasteiger partial charge in [0, 0.05) is 18.5 Å². The minimum atomic E-state index is -0.388. The van der Waals surface area contributed by atoms with Crippen LogP contribution >= 0.6 is 0 Å². The van der Waals surface area contributed by atoms with Gasteiger partial charge in [-0.3, -0.25) is 9.59 Å². The van der Waals surface area contributed by atoms with Crippen LogP contribution in [0.15, 0.2) is 102 Å². The number of aromatic nitrogens is 2. The van der Waals surface area contributed by atoms with E-state index in [0.29, 0.717) is 18.5 Å². The summed E-state index contributed by atoms with van der Waals surface area (Å²) in [6.07, 6.45) is 0.711. The van der Waals surface area contributed by atoms with E-state index < -0.39 is 0 Å². The lowest BCUT2D eigenvalue weighted by molar-refractivity contribution is 0.0945. The summed E-state index contributed by atoms with van der Waals surface area (Å²) in [5.41, 5.74) is 2.74. The first-order valence-electron chi connectivity index (χ1n) is 10.8. The molecule has 4 rings (SSSR count). The molecule has 0 saturated heterocycles. The standard InChI is InChI=1S/C27H24FN3O2/c28-23-13-7-8-20(18-23)19-31-26(32)15-14-25(30-31)27(33)29-17-16-24(21-9-3-1-4-10-21)22-11-5-2-6-12-22/h1-15,18,24H,16-17,19H2,(H,29,33). The molecule has 1 amide bonds. The van der Waals surface area contributed by atoms with E-state index in [2.05, 4.69) is 34.7 Å². The van der Waals surface area contributed by atoms with Crippen molar-refractivity contribution in [1.29, 1.82) is 0 Å². The Balaban J connectivity index is 1.44. The van der Waals surface area contributed by atoms with Crippen LogP contribution in [0.5, 0.6) is 0 Å². The Labute approximate surface area is 191 Å². The first kappa shape index (κ1) is 22.1. The van der Waals surface area contributed by atoms with Gasteiger partial charge in [0.25, 0.3) is 11.5 Å². The summed E-state index contributed by atoms with van der Waals surface area (Å²) in [6, 6.07) is 29.0. The fraction of sp³-hybridized carbons (Fsp3) is 0.148. The largest absolute Gasteiger partial charge is 0.351 e. The molecule has 4 aromatic rings. The number of carbonyl (C=O) groups is 1. The number of carbonyl (C=O) groups excluding carboxylic acids is 1. The van der Waals surface area contributed by atoms with Crippen molar-refractivity contribution >= 4 is 5.91 Å². The molecule has 0 atom stereocenters. The van der Waals surface area contributed by atoms with Crippen LogP contribution in [0.25, 0.3) is 0 Å². The lowest BCUT2D eigenvalue weighted by Gasteiger charge is -2.18. The van der Waals surface area contributed by atoms with Crippen molar-refractivity contribution in [3.8, 4) is 0 Å². The van der Waals surface area contributed by atoms with Crippen LogP contribution in [0.3, 0.4) is 0 Å². The molecular weight excluding hydrogens is 417 g/mol. The predicted octanol–water partition coefficient (Wildman–Crippen LogP) is 4.38. The molecule has 0 saturated carbocycles. The maximum absolute atomic E-state index is 13.5. The number of amides is 1. The fourth-order valence-corrected chi connectivity index (χ4v) is 3.81. The van der Waals surface area contributed by atoms with E-state index in [1.165, 1.54) is 40.1 Å². The highest BCUT2D eigenvalue weighted by molar-refractivity contribution is 5.91. The molecule has 0 aliphatic rings. The van der Waals surface area contributed by atoms with E-state index in [4.69, 9.17) is 0 Å². The predicted molar refractivity (Wildman–Crippen MR) is 126 cm³/mol. The molecule has 3 aromatic carbocycles. The third-order valence-corrected chi connectivity index (χ3v) is 5.44. The summed E-state index contributed by atoms with van der Waals surface area (Å²) in [6.45, 7) is 0.528. The van der Waals surface area contributed by atoms with Gasteiger partial charge in [-0.25, -0.2) is 9.07 Å². The molecule has 0 fully saturated rings. The summed E-state index contributed by atoms with van der Waals surface area (Å²) in [4.78, 5) is 24.9. The quantitative estimate of drug-likeness (QED) is 0.441. The lowest BCUT2D eigenvalue weighted by atomic mass is 9.88. The van der Waals surface area contributed by atoms with Gasteiger partial charge in [0.05, 0.1) is 6.54 Å². The Morgan fingerprint density at radius 2 is 1.55 bits per heavy atom. The number of halogens is 1. The average molecular weight is 442 g/mol. The third kappa shape index (κ3) is 5.80. The first-order valence-corrected chi connectivity index (χ1v) is 10.8. The molecule has 166 valence electrons. The van der Waals surface area contributed by atoms with Crippen LogP contribution in [0.4, 0.5) is 4.39 Å². The van der Waals surface area contributed by atoms with Crippen molar-refractivity contribution in [2.45, 2.75) is 18.9 Å². The first-order chi connectivity index (χ1) is 16.1. The van der Waals surface area contributed by atoms with Gasteiger partial charge in [-0.05, 0) is 41.3 Å². The maximum atomic E-state index is 13.5. The summed E-state index contributed by atoms with van der Waals surface area (Å²) >= 11 is 0. The molecule has 6 heteroatoms. The normalized spacial score (nSPS) is 10.8. The number of benzene rings is 3. The minimum Gasteiger partial charge on any atom is -0.351 e. The van der Waals surface area contributed by atoms with Gasteiger partial charge in [-0.2, -0.15) is 5.10 Å². The van der Waals surface area contributed by atoms with Crippen LogP contribution in [0.2, 0.25) is 0 Å². The van der Waals surface area contributed by atoms with Crippen LogP contribution in [0, 0.1) is 5.82 Å². The molecule has 0 aliphatic carbocycles. The van der Waals surface area contributed by atoms with Crippen molar-refractivity contribution in [3.63, 3.8) is 0 Å². The van der Waals surface area contributed by atoms with E-state index in [0.717, 1.165) is 0 Å². The summed E-state index contributed by atoms with van der Waals surface area (Å²) in [7, 11) is 0. The zero-order valence-corrected chi connectivity index (χ0v) is 18.0. The molecule has 0 spiro atoms. The van der Waals surface area contributed by atoms with Gasteiger partial charge < -0.3 is 5.32 Å². The topological polar surface area (TPSA) is 64.0 Å². The Morgan fingerprint density at radius 1 is 0.879 bits per heavy atom. The smallest absolute Gasteiger partial charge is 0.271 e. The zero-order valence-electron chi connectivity index (χ0n) is 18.0. The molecule has 0 unspecified atom stereocenters. The molecule has 1 N–H and O–H groups in total. The van der Waals surface area contributed by atoms with Crippen molar-refractivity contribution in [2.75, 3.05) is 6.54 Å². The van der Waals surface area contributed by atoms with Gasteiger partial charge in [0.1, 0.15) is 11.5 Å². The van der Waals surface area contributed by atoms with E-state index in [9.17, 15) is 14.0 Å². The van der Waals surface area contributed by atoms with Gasteiger partial charge in [-0.15, -0.1) is 0 Å². The molecular formula is C27H24FN3O2. The Bertz CT molecular complexity index is 1230. The van der Waals surface area contributed by atoms with Crippen molar-refractivity contribution in [3.05, 3.63) is 136 Å². The molecule has 33 heavy (non-hydrogen) atoms. The Morgan fingerprint density at radius 3 is 2.18 bits per heavy atom. The van der Waals surface area contributed by atoms with E-state index in [1.807, 2.05) is 36.4 Å². The monoisotopic (exact) mass is 441 g/mol. The number of hydrogen-bond donors (Lipinski definition) is 1. The molecule has 1 heterocycles. The highest BCUT2D eigenvalue weighted by atomic mass is 19.1. The average Bonchev–Trinajstić information content (AvgIpc) is 2.84. The summed E-state index contributed by atoms with van der Waals surface area (Å²) in [5.74, 6) is -0.605. The number of nitrogens with zero attached hydrogens (tertiary/aromatic N) is 2. The Kier molecular flexibility index (Phi) is 7.05. The highest BCUT2D eigenvalue weighted by Crippen LogP contribution is 2.27. The van der Waals surface area contributed by atoms with Gasteiger partial charge in [-0.1, -0.05) is 72.8 Å². The van der Waals surface area contributed by atoms with Crippen LogP contribution < -0.4 is 10.9 Å². The molecule has 0 aliphatic heterocycles. The van der Waals surface area contributed by atoms with Gasteiger partial charge in [0.2, 0.25) is 0 Å². The lowest BCUT2D eigenvalue weighted by Crippen LogP contribution is -2.31. The SMILES string of the molecule is O=C(NCCC(c1ccccc1)c1ccccc1)c1ccc(=O)n(Cc2cccc(F)c2)n1. The van der Waals surface area contributed by atoms with E-state index in [-0.39, 0.29) is 35.4 Å². The van der Waals surface area contributed by atoms with Gasteiger partial charge in [0.15, 0.2) is 0 Å². The number of rotatable bonds is 8. The van der Waals surface area contributed by atoms with E-state index >= 15 is 0 Å². The van der Waals surface area contributed by atoms with E-state index in [1.54, 1.807) is 12.1 Å². The third-order valence-electron chi connectivity index (χ3n) is 5.44. The second-order valence-electron chi connectivity index (χ2n) is 7.76. The second kappa shape index (κ2) is 10.5. The van der Waals surface area contributed by atoms with Crippen LogP contribution in [0.1, 0.15) is 39.5 Å². The minimum absolute atomic E-state index is 0.0851. The maximum Gasteiger partial charge on any atom is 0.271 e. The Hall–Kier alpha value is -4.06. The summed E-state index contributed by atoms with van der Waals surface area (Å²) in [5, 5.41) is 7.09. The molecule has 0 bridgehead atoms. The van der Waals surface area contributed by atoms with Crippen molar-refractivity contribution < 1.29 is 9.18 Å². The summed E-state index contributed by atoms with van der Waals surface area (Å²) < 4.78 is 14.6.